The molecule has 120 valence electrons. The zero-order valence-electron chi connectivity index (χ0n) is 13.7. The number of nitrogens with zero attached hydrogens (tertiary/aromatic N) is 4. The first kappa shape index (κ1) is 15.1. The van der Waals surface area contributed by atoms with E-state index in [0.29, 0.717) is 11.4 Å². The number of fused-ring (bicyclic) bond motifs is 1. The van der Waals surface area contributed by atoms with Gasteiger partial charge in [-0.2, -0.15) is 10.2 Å². The van der Waals surface area contributed by atoms with Crippen molar-refractivity contribution in [3.05, 3.63) is 35.5 Å². The van der Waals surface area contributed by atoms with Gasteiger partial charge in [-0.1, -0.05) is 6.92 Å². The number of carbonyl (C=O) groups is 1. The second-order valence-electron chi connectivity index (χ2n) is 5.62. The lowest BCUT2D eigenvalue weighted by Crippen LogP contribution is -2.13. The van der Waals surface area contributed by atoms with Gasteiger partial charge in [0.1, 0.15) is 5.82 Å². The van der Waals surface area contributed by atoms with E-state index in [1.165, 1.54) is 0 Å². The van der Waals surface area contributed by atoms with Crippen LogP contribution in [0.1, 0.15) is 23.0 Å². The number of aromatic nitrogens is 4. The summed E-state index contributed by atoms with van der Waals surface area (Å²) >= 11 is 0. The van der Waals surface area contributed by atoms with Crippen LogP contribution < -0.4 is 10.2 Å². The largest absolute Gasteiger partial charge is 0.378 e. The lowest BCUT2D eigenvalue weighted by Gasteiger charge is -2.12. The first-order valence-electron chi connectivity index (χ1n) is 7.50. The molecule has 3 aromatic rings. The molecule has 0 aliphatic rings. The van der Waals surface area contributed by atoms with Crippen LogP contribution in [0, 0.1) is 0 Å². The van der Waals surface area contributed by atoms with Gasteiger partial charge in [0.2, 0.25) is 0 Å². The summed E-state index contributed by atoms with van der Waals surface area (Å²) in [5, 5.41) is 15.3. The molecule has 23 heavy (non-hydrogen) atoms. The van der Waals surface area contributed by atoms with Crippen LogP contribution >= 0.6 is 0 Å². The number of H-pyrrole nitrogens is 1. The number of benzene rings is 1. The fourth-order valence-electron chi connectivity index (χ4n) is 2.55. The lowest BCUT2D eigenvalue weighted by molar-refractivity contribution is 0.102. The second kappa shape index (κ2) is 5.75. The van der Waals surface area contributed by atoms with Gasteiger partial charge in [0.25, 0.3) is 5.91 Å². The van der Waals surface area contributed by atoms with E-state index in [2.05, 4.69) is 20.6 Å². The van der Waals surface area contributed by atoms with Crippen molar-refractivity contribution < 1.29 is 4.79 Å². The summed E-state index contributed by atoms with van der Waals surface area (Å²) in [6.45, 7) is 2.03. The molecule has 0 fully saturated rings. The molecule has 7 heteroatoms. The van der Waals surface area contributed by atoms with Crippen LogP contribution in [-0.4, -0.2) is 40.0 Å². The predicted molar refractivity (Wildman–Crippen MR) is 91.0 cm³/mol. The third kappa shape index (κ3) is 2.65. The molecule has 2 heterocycles. The third-order valence-corrected chi connectivity index (χ3v) is 3.83. The topological polar surface area (TPSA) is 78.8 Å². The van der Waals surface area contributed by atoms with Crippen LogP contribution in [0.4, 0.5) is 11.5 Å². The third-order valence-electron chi connectivity index (χ3n) is 3.83. The number of aromatic amines is 1. The predicted octanol–water partition coefficient (Wildman–Crippen LogP) is 2.18. The first-order chi connectivity index (χ1) is 11.0. The SMILES string of the molecule is CCc1nn(C)c2n[nH]c(NC(=O)c3ccc(N(C)C)cc3)c12. The van der Waals surface area contributed by atoms with E-state index in [1.54, 1.807) is 4.68 Å². The van der Waals surface area contributed by atoms with Crippen LogP contribution in [0.15, 0.2) is 24.3 Å². The average Bonchev–Trinajstić information content (AvgIpc) is 3.09. The standard InChI is InChI=1S/C16H20N6O/c1-5-12-13-14(18-19-15(13)22(4)20-12)17-16(23)10-6-8-11(9-7-10)21(2)3/h6-9H,5H2,1-4H3,(H2,17,18,19,23). The zero-order chi connectivity index (χ0) is 16.6. The van der Waals surface area contributed by atoms with Gasteiger partial charge in [-0.25, -0.2) is 4.68 Å². The van der Waals surface area contributed by atoms with E-state index in [0.717, 1.165) is 28.8 Å². The second-order valence-corrected chi connectivity index (χ2v) is 5.62. The molecule has 0 bridgehead atoms. The highest BCUT2D eigenvalue weighted by molar-refractivity contribution is 6.08. The van der Waals surface area contributed by atoms with Crippen molar-refractivity contribution >= 4 is 28.4 Å². The normalized spacial score (nSPS) is 11.0. The maximum atomic E-state index is 12.4. The summed E-state index contributed by atoms with van der Waals surface area (Å²) in [5.41, 5.74) is 3.29. The van der Waals surface area contributed by atoms with Crippen molar-refractivity contribution in [2.75, 3.05) is 24.3 Å². The number of anilines is 2. The monoisotopic (exact) mass is 312 g/mol. The summed E-state index contributed by atoms with van der Waals surface area (Å²) in [6.07, 6.45) is 0.775. The smallest absolute Gasteiger partial charge is 0.256 e. The van der Waals surface area contributed by atoms with Gasteiger partial charge >= 0.3 is 0 Å². The van der Waals surface area contributed by atoms with Gasteiger partial charge in [-0.15, -0.1) is 0 Å². The molecule has 0 saturated carbocycles. The summed E-state index contributed by atoms with van der Waals surface area (Å²) in [6, 6.07) is 7.45. The van der Waals surface area contributed by atoms with Crippen molar-refractivity contribution in [2.24, 2.45) is 7.05 Å². The van der Waals surface area contributed by atoms with Crippen molar-refractivity contribution in [3.8, 4) is 0 Å². The van der Waals surface area contributed by atoms with Gasteiger partial charge in [-0.3, -0.25) is 9.89 Å². The van der Waals surface area contributed by atoms with E-state index in [9.17, 15) is 4.79 Å². The summed E-state index contributed by atoms with van der Waals surface area (Å²) in [7, 11) is 5.77. The number of aryl methyl sites for hydroxylation is 2. The van der Waals surface area contributed by atoms with E-state index < -0.39 is 0 Å². The molecule has 0 spiro atoms. The summed E-state index contributed by atoms with van der Waals surface area (Å²) in [4.78, 5) is 14.4. The Morgan fingerprint density at radius 1 is 1.30 bits per heavy atom. The highest BCUT2D eigenvalue weighted by Crippen LogP contribution is 2.25. The fourth-order valence-corrected chi connectivity index (χ4v) is 2.55. The average molecular weight is 312 g/mol. The highest BCUT2D eigenvalue weighted by Gasteiger charge is 2.17. The van der Waals surface area contributed by atoms with E-state index in [-0.39, 0.29) is 5.91 Å². The summed E-state index contributed by atoms with van der Waals surface area (Å²) in [5.74, 6) is 0.415. The van der Waals surface area contributed by atoms with Crippen molar-refractivity contribution in [2.45, 2.75) is 13.3 Å². The lowest BCUT2D eigenvalue weighted by atomic mass is 10.2. The molecule has 2 aromatic heterocycles. The number of rotatable bonds is 4. The number of amides is 1. The number of nitrogens with one attached hydrogen (secondary N) is 2. The molecular formula is C16H20N6O. The zero-order valence-corrected chi connectivity index (χ0v) is 13.7. The molecule has 1 aromatic carbocycles. The molecule has 0 aliphatic heterocycles. The quantitative estimate of drug-likeness (QED) is 0.774. The Labute approximate surface area is 134 Å². The minimum absolute atomic E-state index is 0.174. The number of hydrogen-bond donors (Lipinski definition) is 2. The Balaban J connectivity index is 1.88. The van der Waals surface area contributed by atoms with Crippen LogP contribution in [-0.2, 0) is 13.5 Å². The molecule has 0 atom stereocenters. The Kier molecular flexibility index (Phi) is 3.77. The van der Waals surface area contributed by atoms with Crippen LogP contribution in [0.25, 0.3) is 11.0 Å². The van der Waals surface area contributed by atoms with Gasteiger partial charge < -0.3 is 10.2 Å². The van der Waals surface area contributed by atoms with Gasteiger partial charge in [0, 0.05) is 32.4 Å². The molecule has 7 nitrogen and oxygen atoms in total. The van der Waals surface area contributed by atoms with Crippen molar-refractivity contribution in [1.29, 1.82) is 0 Å². The maximum Gasteiger partial charge on any atom is 0.256 e. The van der Waals surface area contributed by atoms with E-state index >= 15 is 0 Å². The van der Waals surface area contributed by atoms with Crippen molar-refractivity contribution in [3.63, 3.8) is 0 Å². The highest BCUT2D eigenvalue weighted by atomic mass is 16.1. The van der Waals surface area contributed by atoms with Crippen LogP contribution in [0.5, 0.6) is 0 Å². The summed E-state index contributed by atoms with van der Waals surface area (Å²) < 4.78 is 1.71. The molecule has 1 amide bonds. The minimum atomic E-state index is -0.174. The Bertz CT molecular complexity index is 843. The molecular weight excluding hydrogens is 292 g/mol. The first-order valence-corrected chi connectivity index (χ1v) is 7.50. The van der Waals surface area contributed by atoms with Gasteiger partial charge in [0.15, 0.2) is 5.65 Å². The molecule has 3 rings (SSSR count). The van der Waals surface area contributed by atoms with Crippen LogP contribution in [0.2, 0.25) is 0 Å². The Morgan fingerprint density at radius 3 is 2.61 bits per heavy atom. The van der Waals surface area contributed by atoms with Crippen LogP contribution in [0.3, 0.4) is 0 Å². The molecule has 0 radical (unpaired) electrons. The van der Waals surface area contributed by atoms with E-state index in [4.69, 9.17) is 0 Å². The molecule has 0 aliphatic carbocycles. The van der Waals surface area contributed by atoms with E-state index in [1.807, 2.05) is 57.2 Å². The molecule has 0 unspecified atom stereocenters. The molecule has 2 N–H and O–H groups in total. The van der Waals surface area contributed by atoms with Gasteiger partial charge in [0.05, 0.1) is 11.1 Å². The fraction of sp³-hybridized carbons (Fsp3) is 0.312. The van der Waals surface area contributed by atoms with Gasteiger partial charge in [-0.05, 0) is 30.7 Å². The Hall–Kier alpha value is -2.83. The minimum Gasteiger partial charge on any atom is -0.378 e. The number of carbonyl (C=O) groups excluding carboxylic acids is 1. The maximum absolute atomic E-state index is 12.4. The molecule has 0 saturated heterocycles. The number of hydrogen-bond acceptors (Lipinski definition) is 4. The Morgan fingerprint density at radius 2 is 2.00 bits per heavy atom. The van der Waals surface area contributed by atoms with Crippen molar-refractivity contribution in [1.82, 2.24) is 20.0 Å².